The smallest absolute Gasteiger partial charge is 0.205 e. The molecule has 1 saturated carbocycles. The molecule has 8 nitrogen and oxygen atoms in total. The molecule has 9 heteroatoms. The minimum Gasteiger partial charge on any atom is -0.484 e. The van der Waals surface area contributed by atoms with Crippen LogP contribution < -0.4 is 10.5 Å². The topological polar surface area (TPSA) is 110 Å². The first-order chi connectivity index (χ1) is 14.6. The fourth-order valence-electron chi connectivity index (χ4n) is 4.50. The van der Waals surface area contributed by atoms with Gasteiger partial charge in [0.2, 0.25) is 8.38 Å². The summed E-state index contributed by atoms with van der Waals surface area (Å²) in [6.45, 7) is 3.69. The van der Waals surface area contributed by atoms with E-state index in [-0.39, 0.29) is 6.35 Å². The Labute approximate surface area is 176 Å². The maximum atomic E-state index is 9.13. The molecule has 2 aliphatic rings. The second kappa shape index (κ2) is 8.12. The normalized spacial score (nSPS) is 21.6. The number of nitrogen functional groups attached to an aromatic ring is 1. The van der Waals surface area contributed by atoms with E-state index in [2.05, 4.69) is 25.6 Å². The molecule has 1 aromatic carbocycles. The Balaban J connectivity index is 1.44. The molecule has 1 saturated heterocycles. The van der Waals surface area contributed by atoms with Crippen LogP contribution in [0.2, 0.25) is 0 Å². The molecule has 158 valence electrons. The third-order valence-corrected chi connectivity index (χ3v) is 6.56. The fourth-order valence-corrected chi connectivity index (χ4v) is 4.76. The molecule has 3 aromatic rings. The molecule has 0 radical (unpaired) electrons. The van der Waals surface area contributed by atoms with E-state index in [1.165, 1.54) is 32.4 Å². The van der Waals surface area contributed by atoms with Gasteiger partial charge >= 0.3 is 0 Å². The Bertz CT molecular complexity index is 1050. The van der Waals surface area contributed by atoms with Crippen LogP contribution >= 0.6 is 8.38 Å². The lowest BCUT2D eigenvalue weighted by atomic mass is 9.79. The van der Waals surface area contributed by atoms with E-state index in [9.17, 15) is 0 Å². The van der Waals surface area contributed by atoms with Crippen LogP contribution in [0.5, 0.6) is 5.75 Å². The molecule has 0 bridgehead atoms. The first-order valence-electron chi connectivity index (χ1n) is 10.3. The van der Waals surface area contributed by atoms with Gasteiger partial charge in [-0.05, 0) is 56.0 Å². The van der Waals surface area contributed by atoms with Crippen molar-refractivity contribution in [2.45, 2.75) is 25.3 Å². The molecular weight excluding hydrogens is 401 g/mol. The number of nitrogens with zero attached hydrogens (tertiary/aromatic N) is 4. The Morgan fingerprint density at radius 1 is 1.20 bits per heavy atom. The van der Waals surface area contributed by atoms with Gasteiger partial charge in [-0.1, -0.05) is 12.1 Å². The second-order valence-corrected chi connectivity index (χ2v) is 9.23. The first-order valence-corrected chi connectivity index (χ1v) is 11.7. The molecule has 2 fully saturated rings. The van der Waals surface area contributed by atoms with Crippen LogP contribution in [0.4, 0.5) is 5.82 Å². The molecule has 0 unspecified atom stereocenters. The Kier molecular flexibility index (Phi) is 5.33. The summed E-state index contributed by atoms with van der Waals surface area (Å²) in [6, 6.07) is 7.99. The summed E-state index contributed by atoms with van der Waals surface area (Å²) in [4.78, 5) is 29.6. The average molecular weight is 427 g/mol. The number of rotatable bonds is 7. The number of hydrogen-bond acceptors (Lipinski definition) is 7. The lowest BCUT2D eigenvalue weighted by Gasteiger charge is -2.42. The highest BCUT2D eigenvalue weighted by Crippen LogP contribution is 2.43. The van der Waals surface area contributed by atoms with E-state index in [0.717, 1.165) is 40.9 Å². The molecule has 0 atom stereocenters. The quantitative estimate of drug-likeness (QED) is 0.497. The average Bonchev–Trinajstić information content (AvgIpc) is 3.05. The number of fused-ring (bicyclic) bond motifs is 1. The lowest BCUT2D eigenvalue weighted by molar-refractivity contribution is 0.0921. The Hall–Kier alpha value is -2.25. The third kappa shape index (κ3) is 3.76. The molecule has 1 aliphatic heterocycles. The standard InChI is InChI=1S/C21H26N5O3P/c22-20-19-18(15-3-1-4-17(9-15)29-13-30(27)28)11-26(21(19)24-12-23-20)16-7-14(8-16)10-25-5-2-6-25/h1,3-4,9,11-12,14,16,27-28H,2,5-8,10,13H2,(H2,22,23,24). The van der Waals surface area contributed by atoms with Gasteiger partial charge in [0.15, 0.2) is 6.35 Å². The van der Waals surface area contributed by atoms with Gasteiger partial charge in [-0.3, -0.25) is 0 Å². The van der Waals surface area contributed by atoms with Crippen molar-refractivity contribution in [3.05, 3.63) is 36.8 Å². The molecule has 4 N–H and O–H groups in total. The summed E-state index contributed by atoms with van der Waals surface area (Å²) in [5.74, 6) is 1.79. The van der Waals surface area contributed by atoms with Crippen LogP contribution in [0, 0.1) is 5.92 Å². The summed E-state index contributed by atoms with van der Waals surface area (Å²) >= 11 is 0. The minimum atomic E-state index is -2.10. The van der Waals surface area contributed by atoms with E-state index < -0.39 is 8.38 Å². The van der Waals surface area contributed by atoms with E-state index in [1.807, 2.05) is 18.2 Å². The number of benzene rings is 1. The molecule has 3 heterocycles. The predicted molar refractivity (Wildman–Crippen MR) is 117 cm³/mol. The van der Waals surface area contributed by atoms with Crippen molar-refractivity contribution in [1.82, 2.24) is 19.4 Å². The first kappa shape index (κ1) is 19.7. The number of aromatic nitrogens is 3. The van der Waals surface area contributed by atoms with E-state index in [1.54, 1.807) is 6.07 Å². The highest BCUT2D eigenvalue weighted by molar-refractivity contribution is 7.44. The number of likely N-dealkylation sites (tertiary alicyclic amines) is 1. The molecule has 1 aliphatic carbocycles. The second-order valence-electron chi connectivity index (χ2n) is 8.23. The highest BCUT2D eigenvalue weighted by atomic mass is 31.2. The van der Waals surface area contributed by atoms with Gasteiger partial charge in [-0.25, -0.2) is 9.97 Å². The molecule has 2 aromatic heterocycles. The zero-order valence-electron chi connectivity index (χ0n) is 16.7. The van der Waals surface area contributed by atoms with Gasteiger partial charge in [0.25, 0.3) is 0 Å². The minimum absolute atomic E-state index is 0.119. The van der Waals surface area contributed by atoms with Crippen molar-refractivity contribution in [1.29, 1.82) is 0 Å². The van der Waals surface area contributed by atoms with Gasteiger partial charge in [0, 0.05) is 24.3 Å². The molecule has 5 rings (SSSR count). The lowest BCUT2D eigenvalue weighted by Crippen LogP contribution is -2.43. The van der Waals surface area contributed by atoms with Crippen LogP contribution in [-0.4, -0.2) is 55.2 Å². The van der Waals surface area contributed by atoms with Crippen LogP contribution in [0.1, 0.15) is 25.3 Å². The van der Waals surface area contributed by atoms with Crippen LogP contribution in [0.15, 0.2) is 36.8 Å². The number of anilines is 1. The zero-order chi connectivity index (χ0) is 20.7. The van der Waals surface area contributed by atoms with Crippen molar-refractivity contribution in [2.75, 3.05) is 31.7 Å². The summed E-state index contributed by atoms with van der Waals surface area (Å²) in [5.41, 5.74) is 9.03. The maximum Gasteiger partial charge on any atom is 0.205 e. The van der Waals surface area contributed by atoms with Crippen LogP contribution in [-0.2, 0) is 0 Å². The summed E-state index contributed by atoms with van der Waals surface area (Å²) in [7, 11) is -2.10. The largest absolute Gasteiger partial charge is 0.484 e. The Morgan fingerprint density at radius 2 is 2.03 bits per heavy atom. The molecular formula is C21H26N5O3P. The van der Waals surface area contributed by atoms with Gasteiger partial charge in [0.05, 0.1) is 5.39 Å². The summed E-state index contributed by atoms with van der Waals surface area (Å²) < 4.78 is 7.73. The van der Waals surface area contributed by atoms with Crippen molar-refractivity contribution >= 4 is 25.2 Å². The number of nitrogens with two attached hydrogens (primary N) is 1. The molecule has 0 spiro atoms. The van der Waals surface area contributed by atoms with Gasteiger partial charge in [-0.15, -0.1) is 0 Å². The molecule has 0 amide bonds. The van der Waals surface area contributed by atoms with Crippen molar-refractivity contribution in [3.63, 3.8) is 0 Å². The Morgan fingerprint density at radius 3 is 2.77 bits per heavy atom. The monoisotopic (exact) mass is 427 g/mol. The van der Waals surface area contributed by atoms with Crippen molar-refractivity contribution in [2.24, 2.45) is 5.92 Å². The summed E-state index contributed by atoms with van der Waals surface area (Å²) in [5, 5.41) is 0.854. The maximum absolute atomic E-state index is 9.13. The fraction of sp³-hybridized carbons (Fsp3) is 0.429. The highest BCUT2D eigenvalue weighted by Gasteiger charge is 2.34. The van der Waals surface area contributed by atoms with E-state index in [4.69, 9.17) is 20.3 Å². The summed E-state index contributed by atoms with van der Waals surface area (Å²) in [6.07, 6.45) is 7.18. The van der Waals surface area contributed by atoms with Crippen molar-refractivity contribution < 1.29 is 14.5 Å². The number of hydrogen-bond donors (Lipinski definition) is 3. The van der Waals surface area contributed by atoms with Gasteiger partial charge < -0.3 is 29.7 Å². The number of ether oxygens (including phenoxy) is 1. The van der Waals surface area contributed by atoms with Gasteiger partial charge in [-0.2, -0.15) is 0 Å². The van der Waals surface area contributed by atoms with Crippen LogP contribution in [0.25, 0.3) is 22.2 Å². The predicted octanol–water partition coefficient (Wildman–Crippen LogP) is 2.97. The zero-order valence-corrected chi connectivity index (χ0v) is 17.6. The van der Waals surface area contributed by atoms with Crippen molar-refractivity contribution in [3.8, 4) is 16.9 Å². The SMILES string of the molecule is Nc1ncnc2c1c(-c1cccc(OCP(O)O)c1)cn2C1CC(CN2CCC2)C1. The van der Waals surface area contributed by atoms with Gasteiger partial charge in [0.1, 0.15) is 23.5 Å². The molecule has 30 heavy (non-hydrogen) atoms. The third-order valence-electron chi connectivity index (χ3n) is 6.20. The van der Waals surface area contributed by atoms with E-state index in [0.29, 0.717) is 17.6 Å². The van der Waals surface area contributed by atoms with Crippen LogP contribution in [0.3, 0.4) is 0 Å². The van der Waals surface area contributed by atoms with E-state index >= 15 is 0 Å².